The van der Waals surface area contributed by atoms with E-state index in [-0.39, 0.29) is 18.0 Å². The first-order valence-electron chi connectivity index (χ1n) is 15.6. The van der Waals surface area contributed by atoms with Gasteiger partial charge in [-0.15, -0.1) is 5.10 Å². The summed E-state index contributed by atoms with van der Waals surface area (Å²) in [6, 6.07) is 18.0. The lowest BCUT2D eigenvalue weighted by molar-refractivity contribution is 0.0627. The number of nitrogens with zero attached hydrogens (tertiary/aromatic N) is 10. The number of rotatable bonds is 7. The van der Waals surface area contributed by atoms with Crippen LogP contribution < -0.4 is 5.73 Å². The van der Waals surface area contributed by atoms with E-state index in [4.69, 9.17) is 21.9 Å². The summed E-state index contributed by atoms with van der Waals surface area (Å²) >= 11 is 6.31. The minimum absolute atomic E-state index is 0.110. The largest absolute Gasteiger partial charge is 0.382 e. The number of anilines is 1. The molecule has 47 heavy (non-hydrogen) atoms. The van der Waals surface area contributed by atoms with Crippen LogP contribution in [0.15, 0.2) is 78.0 Å². The summed E-state index contributed by atoms with van der Waals surface area (Å²) in [4.78, 5) is 30.7. The molecule has 14 heteroatoms. The maximum Gasteiger partial charge on any atom is 0.276 e. The Morgan fingerprint density at radius 1 is 1.00 bits per heavy atom. The highest BCUT2D eigenvalue weighted by Gasteiger charge is 2.33. The van der Waals surface area contributed by atoms with E-state index in [0.29, 0.717) is 59.5 Å². The number of benzene rings is 2. The lowest BCUT2D eigenvalue weighted by Gasteiger charge is -2.37. The molecule has 0 saturated carbocycles. The molecule has 8 rings (SSSR count). The van der Waals surface area contributed by atoms with Crippen LogP contribution in [-0.4, -0.2) is 68.5 Å². The molecule has 0 radical (unpaired) electrons. The molecule has 1 amide bonds. The van der Waals surface area contributed by atoms with Crippen LogP contribution in [0.25, 0.3) is 11.2 Å². The minimum Gasteiger partial charge on any atom is -0.382 e. The fourth-order valence-corrected chi connectivity index (χ4v) is 6.89. The van der Waals surface area contributed by atoms with Crippen molar-refractivity contribution in [3.63, 3.8) is 0 Å². The summed E-state index contributed by atoms with van der Waals surface area (Å²) in [5.74, 6) is 0.872. The first-order valence-corrected chi connectivity index (χ1v) is 16.0. The van der Waals surface area contributed by atoms with E-state index < -0.39 is 0 Å². The van der Waals surface area contributed by atoms with E-state index in [1.165, 1.54) is 11.9 Å². The number of nitrogens with two attached hydrogens (primary N) is 1. The third-order valence-corrected chi connectivity index (χ3v) is 9.39. The number of aromatic nitrogens is 8. The Labute approximate surface area is 275 Å². The number of hydrogen-bond acceptors (Lipinski definition) is 10. The van der Waals surface area contributed by atoms with Gasteiger partial charge in [0.05, 0.1) is 37.7 Å². The van der Waals surface area contributed by atoms with Crippen molar-refractivity contribution in [3.05, 3.63) is 112 Å². The molecule has 2 aliphatic rings. The normalized spacial score (nSPS) is 17.3. The quantitative estimate of drug-likeness (QED) is 0.262. The highest BCUT2D eigenvalue weighted by Crippen LogP contribution is 2.35. The number of carbonyl (C=O) groups excluding carboxylic acids is 1. The number of carbonyl (C=O) groups is 1. The third kappa shape index (κ3) is 5.83. The molecule has 0 aliphatic carbocycles. The summed E-state index contributed by atoms with van der Waals surface area (Å²) in [5.41, 5.74) is 11.6. The van der Waals surface area contributed by atoms with Gasteiger partial charge in [0, 0.05) is 30.7 Å². The number of amides is 1. The Morgan fingerprint density at radius 3 is 2.70 bits per heavy atom. The molecule has 238 valence electrons. The Hall–Kier alpha value is -5.14. The second kappa shape index (κ2) is 12.2. The number of hydrogen-bond donors (Lipinski definition) is 1. The topological polar surface area (TPSA) is 150 Å². The lowest BCUT2D eigenvalue weighted by Crippen LogP contribution is -2.39. The number of piperidine rings is 1. The van der Waals surface area contributed by atoms with Crippen LogP contribution in [0.1, 0.15) is 63.6 Å². The SMILES string of the molecule is Nc1ncnc2c1ncn2Cc1cn(C2CCN(Cc3cc(C(=O)N4Cc5cc(Cl)ccc5CC4c4ccccc4)no3)CC2)nn1. The molecule has 1 atom stereocenters. The average Bonchev–Trinajstić information content (AvgIpc) is 3.86. The fourth-order valence-electron chi connectivity index (χ4n) is 6.69. The van der Waals surface area contributed by atoms with Crippen molar-refractivity contribution in [3.8, 4) is 0 Å². The fraction of sp³-hybridized carbons (Fsp3) is 0.303. The number of fused-ring (bicyclic) bond motifs is 2. The van der Waals surface area contributed by atoms with E-state index in [1.807, 2.05) is 50.7 Å². The predicted molar refractivity (Wildman–Crippen MR) is 173 cm³/mol. The van der Waals surface area contributed by atoms with Gasteiger partial charge in [-0.1, -0.05) is 58.4 Å². The maximum atomic E-state index is 13.9. The third-order valence-electron chi connectivity index (χ3n) is 9.15. The van der Waals surface area contributed by atoms with Crippen LogP contribution >= 0.6 is 11.6 Å². The minimum atomic E-state index is -0.153. The average molecular weight is 650 g/mol. The van der Waals surface area contributed by atoms with Crippen molar-refractivity contribution < 1.29 is 9.32 Å². The van der Waals surface area contributed by atoms with Crippen molar-refractivity contribution in [1.82, 2.24) is 49.5 Å². The Morgan fingerprint density at radius 2 is 1.85 bits per heavy atom. The van der Waals surface area contributed by atoms with Crippen molar-refractivity contribution in [2.45, 2.75) is 51.0 Å². The van der Waals surface area contributed by atoms with E-state index in [2.05, 4.69) is 53.5 Å². The molecule has 0 spiro atoms. The van der Waals surface area contributed by atoms with E-state index in [9.17, 15) is 4.79 Å². The highest BCUT2D eigenvalue weighted by atomic mass is 35.5. The summed E-state index contributed by atoms with van der Waals surface area (Å²) in [7, 11) is 0. The van der Waals surface area contributed by atoms with Crippen LogP contribution in [0.3, 0.4) is 0 Å². The smallest absolute Gasteiger partial charge is 0.276 e. The maximum absolute atomic E-state index is 13.9. The zero-order valence-electron chi connectivity index (χ0n) is 25.5. The zero-order chi connectivity index (χ0) is 31.9. The number of imidazole rings is 1. The first-order chi connectivity index (χ1) is 23.0. The number of nitrogen functional groups attached to an aromatic ring is 1. The number of halogens is 1. The molecule has 1 fully saturated rings. The van der Waals surface area contributed by atoms with E-state index in [1.54, 1.807) is 12.4 Å². The Balaban J connectivity index is 0.901. The molecule has 2 aliphatic heterocycles. The van der Waals surface area contributed by atoms with Gasteiger partial charge in [-0.3, -0.25) is 9.69 Å². The molecule has 2 aromatic carbocycles. The summed E-state index contributed by atoms with van der Waals surface area (Å²) in [6.07, 6.45) is 7.65. The van der Waals surface area contributed by atoms with Crippen molar-refractivity contribution >= 4 is 34.5 Å². The van der Waals surface area contributed by atoms with Crippen molar-refractivity contribution in [2.24, 2.45) is 0 Å². The van der Waals surface area contributed by atoms with Gasteiger partial charge in [-0.05, 0) is 48.1 Å². The number of likely N-dealkylation sites (tertiary alicyclic amines) is 1. The van der Waals surface area contributed by atoms with Crippen molar-refractivity contribution in [1.29, 1.82) is 0 Å². The predicted octanol–water partition coefficient (Wildman–Crippen LogP) is 4.47. The molecule has 1 unspecified atom stereocenters. The monoisotopic (exact) mass is 649 g/mol. The van der Waals surface area contributed by atoms with Crippen LogP contribution in [0.5, 0.6) is 0 Å². The van der Waals surface area contributed by atoms with Crippen LogP contribution in [0, 0.1) is 0 Å². The summed E-state index contributed by atoms with van der Waals surface area (Å²) < 4.78 is 9.54. The standard InChI is InChI=1S/C33H32ClN11O2/c34-24-7-6-22-13-29(21-4-2-1-3-5-21)44(15-23(22)12-24)33(46)28-14-27(47-40-28)18-42-10-8-26(9-11-42)45-17-25(39-41-45)16-43-20-38-30-31(35)36-19-37-32(30)43/h1-7,12,14,17,19-20,26,29H,8-11,13,15-16,18H2,(H2,35,36,37). The van der Waals surface area contributed by atoms with Gasteiger partial charge in [0.15, 0.2) is 22.9 Å². The molecule has 13 nitrogen and oxygen atoms in total. The van der Waals surface area contributed by atoms with Gasteiger partial charge in [0.1, 0.15) is 17.5 Å². The Kier molecular flexibility index (Phi) is 7.62. The lowest BCUT2D eigenvalue weighted by atomic mass is 9.89. The molecule has 4 aromatic heterocycles. The Bertz CT molecular complexity index is 2050. The molecule has 0 bridgehead atoms. The van der Waals surface area contributed by atoms with Gasteiger partial charge in [0.2, 0.25) is 0 Å². The molecule has 2 N–H and O–H groups in total. The molecule has 6 heterocycles. The molecular formula is C33H32ClN11O2. The second-order valence-corrected chi connectivity index (χ2v) is 12.6. The van der Waals surface area contributed by atoms with Gasteiger partial charge in [0.25, 0.3) is 5.91 Å². The van der Waals surface area contributed by atoms with Gasteiger partial charge in [-0.25, -0.2) is 19.6 Å². The zero-order valence-corrected chi connectivity index (χ0v) is 26.2. The molecule has 1 saturated heterocycles. The second-order valence-electron chi connectivity index (χ2n) is 12.2. The summed E-state index contributed by atoms with van der Waals surface area (Å²) in [5, 5.41) is 13.7. The van der Waals surface area contributed by atoms with Crippen LogP contribution in [0.4, 0.5) is 5.82 Å². The molecule has 6 aromatic rings. The van der Waals surface area contributed by atoms with Gasteiger partial charge < -0.3 is 19.7 Å². The van der Waals surface area contributed by atoms with E-state index >= 15 is 0 Å². The van der Waals surface area contributed by atoms with E-state index in [0.717, 1.165) is 42.8 Å². The first kappa shape index (κ1) is 29.3. The van der Waals surface area contributed by atoms with Crippen molar-refractivity contribution in [2.75, 3.05) is 18.8 Å². The van der Waals surface area contributed by atoms with Gasteiger partial charge in [-0.2, -0.15) is 0 Å². The highest BCUT2D eigenvalue weighted by molar-refractivity contribution is 6.30. The van der Waals surface area contributed by atoms with Crippen LogP contribution in [-0.2, 0) is 26.1 Å². The van der Waals surface area contributed by atoms with Crippen LogP contribution in [0.2, 0.25) is 5.02 Å². The van der Waals surface area contributed by atoms with Gasteiger partial charge >= 0.3 is 0 Å². The summed E-state index contributed by atoms with van der Waals surface area (Å²) in [6.45, 7) is 3.23. The molecular weight excluding hydrogens is 618 g/mol.